The van der Waals surface area contributed by atoms with E-state index < -0.39 is 0 Å². The van der Waals surface area contributed by atoms with E-state index in [1.807, 2.05) is 36.9 Å². The molecule has 2 aliphatic rings. The molecule has 1 fully saturated rings. The smallest absolute Gasteiger partial charge is 0.253 e. The Hall–Kier alpha value is -2.59. The summed E-state index contributed by atoms with van der Waals surface area (Å²) in [6.07, 6.45) is 5.23. The normalized spacial score (nSPS) is 18.9. The zero-order chi connectivity index (χ0) is 20.3. The SMILES string of the molecule is CCN(CC)C(=O)c1ccc(C=C2CC3(CCNCC3)Oc3ccccc32)cc1. The van der Waals surface area contributed by atoms with E-state index in [2.05, 4.69) is 41.7 Å². The fourth-order valence-corrected chi connectivity index (χ4v) is 4.44. The Balaban J connectivity index is 1.63. The standard InChI is InChI=1S/C25H30N2O2/c1-3-27(4-2)24(28)20-11-9-19(10-12-20)17-21-18-25(13-15-26-16-14-25)29-23-8-6-5-7-22(21)23/h5-12,17,26H,3-4,13-16,18H2,1-2H3. The molecule has 1 spiro atoms. The highest BCUT2D eigenvalue weighted by atomic mass is 16.5. The molecule has 0 aromatic heterocycles. The molecule has 1 amide bonds. The zero-order valence-electron chi connectivity index (χ0n) is 17.4. The summed E-state index contributed by atoms with van der Waals surface area (Å²) >= 11 is 0. The van der Waals surface area contributed by atoms with Gasteiger partial charge in [0.05, 0.1) is 0 Å². The summed E-state index contributed by atoms with van der Waals surface area (Å²) in [6, 6.07) is 16.3. The minimum atomic E-state index is -0.107. The predicted octanol–water partition coefficient (Wildman–Crippen LogP) is 4.61. The van der Waals surface area contributed by atoms with E-state index in [0.717, 1.165) is 62.3 Å². The highest BCUT2D eigenvalue weighted by molar-refractivity contribution is 5.94. The first kappa shape index (κ1) is 19.7. The molecule has 0 unspecified atom stereocenters. The topological polar surface area (TPSA) is 41.6 Å². The number of hydrogen-bond donors (Lipinski definition) is 1. The van der Waals surface area contributed by atoms with Gasteiger partial charge in [0.2, 0.25) is 0 Å². The molecule has 0 atom stereocenters. The van der Waals surface area contributed by atoms with Gasteiger partial charge >= 0.3 is 0 Å². The van der Waals surface area contributed by atoms with Gasteiger partial charge in [0.1, 0.15) is 11.4 Å². The van der Waals surface area contributed by atoms with Crippen molar-refractivity contribution in [2.75, 3.05) is 26.2 Å². The molecule has 0 saturated carbocycles. The first-order valence-corrected chi connectivity index (χ1v) is 10.7. The zero-order valence-corrected chi connectivity index (χ0v) is 17.4. The van der Waals surface area contributed by atoms with E-state index in [1.165, 1.54) is 11.1 Å². The maximum absolute atomic E-state index is 12.6. The molecular formula is C25H30N2O2. The van der Waals surface area contributed by atoms with Crippen molar-refractivity contribution >= 4 is 17.6 Å². The molecule has 2 heterocycles. The molecule has 4 rings (SSSR count). The van der Waals surface area contributed by atoms with Crippen LogP contribution in [0.4, 0.5) is 0 Å². The average molecular weight is 391 g/mol. The number of ether oxygens (including phenoxy) is 1. The van der Waals surface area contributed by atoms with Crippen LogP contribution in [-0.2, 0) is 0 Å². The molecule has 1 saturated heterocycles. The summed E-state index contributed by atoms with van der Waals surface area (Å²) in [4.78, 5) is 14.4. The Labute approximate surface area is 173 Å². The van der Waals surface area contributed by atoms with Crippen LogP contribution in [0.2, 0.25) is 0 Å². The highest BCUT2D eigenvalue weighted by Gasteiger charge is 2.39. The molecule has 4 heteroatoms. The third-order valence-corrected chi connectivity index (χ3v) is 6.14. The highest BCUT2D eigenvalue weighted by Crippen LogP contribution is 2.44. The minimum Gasteiger partial charge on any atom is -0.486 e. The fourth-order valence-electron chi connectivity index (χ4n) is 4.44. The van der Waals surface area contributed by atoms with Crippen LogP contribution in [0, 0.1) is 0 Å². The van der Waals surface area contributed by atoms with Crippen LogP contribution in [0.25, 0.3) is 11.6 Å². The lowest BCUT2D eigenvalue weighted by Gasteiger charge is -2.42. The van der Waals surface area contributed by atoms with E-state index in [0.29, 0.717) is 0 Å². The Morgan fingerprint density at radius 2 is 1.76 bits per heavy atom. The maximum Gasteiger partial charge on any atom is 0.253 e. The second-order valence-corrected chi connectivity index (χ2v) is 7.98. The number of piperidine rings is 1. The van der Waals surface area contributed by atoms with Gasteiger partial charge in [-0.1, -0.05) is 36.4 Å². The summed E-state index contributed by atoms with van der Waals surface area (Å²) in [5.41, 5.74) is 4.26. The second kappa shape index (κ2) is 8.42. The molecule has 0 radical (unpaired) electrons. The number of carbonyl (C=O) groups is 1. The van der Waals surface area contributed by atoms with E-state index in [9.17, 15) is 4.79 Å². The van der Waals surface area contributed by atoms with Gasteiger partial charge in [-0.3, -0.25) is 4.79 Å². The van der Waals surface area contributed by atoms with Crippen LogP contribution >= 0.6 is 0 Å². The van der Waals surface area contributed by atoms with Crippen molar-refractivity contribution in [3.63, 3.8) is 0 Å². The van der Waals surface area contributed by atoms with E-state index in [1.54, 1.807) is 0 Å². The quantitative estimate of drug-likeness (QED) is 0.829. The lowest BCUT2D eigenvalue weighted by atomic mass is 9.80. The summed E-state index contributed by atoms with van der Waals surface area (Å²) in [5.74, 6) is 1.08. The Kier molecular flexibility index (Phi) is 5.72. The van der Waals surface area contributed by atoms with Crippen molar-refractivity contribution in [2.45, 2.75) is 38.7 Å². The number of carbonyl (C=O) groups excluding carboxylic acids is 1. The molecule has 2 aromatic carbocycles. The van der Waals surface area contributed by atoms with Gasteiger partial charge in [-0.15, -0.1) is 0 Å². The molecule has 0 bridgehead atoms. The maximum atomic E-state index is 12.6. The Morgan fingerprint density at radius 1 is 1.07 bits per heavy atom. The van der Waals surface area contributed by atoms with E-state index in [-0.39, 0.29) is 11.5 Å². The number of nitrogens with one attached hydrogen (secondary N) is 1. The summed E-state index contributed by atoms with van der Waals surface area (Å²) in [7, 11) is 0. The van der Waals surface area contributed by atoms with Crippen LogP contribution in [0.3, 0.4) is 0 Å². The monoisotopic (exact) mass is 390 g/mol. The third kappa shape index (κ3) is 4.08. The lowest BCUT2D eigenvalue weighted by Crippen LogP contribution is -2.47. The van der Waals surface area contributed by atoms with Gasteiger partial charge < -0.3 is 15.0 Å². The van der Waals surface area contributed by atoms with Crippen molar-refractivity contribution < 1.29 is 9.53 Å². The predicted molar refractivity (Wildman–Crippen MR) is 118 cm³/mol. The second-order valence-electron chi connectivity index (χ2n) is 7.98. The van der Waals surface area contributed by atoms with Crippen molar-refractivity contribution in [3.8, 4) is 5.75 Å². The van der Waals surface area contributed by atoms with Crippen LogP contribution in [0.15, 0.2) is 48.5 Å². The number of rotatable bonds is 4. The van der Waals surface area contributed by atoms with Gasteiger partial charge in [-0.2, -0.15) is 0 Å². The molecule has 4 nitrogen and oxygen atoms in total. The Morgan fingerprint density at radius 3 is 2.45 bits per heavy atom. The number of fused-ring (bicyclic) bond motifs is 1. The first-order valence-electron chi connectivity index (χ1n) is 10.7. The van der Waals surface area contributed by atoms with Crippen molar-refractivity contribution in [1.82, 2.24) is 10.2 Å². The minimum absolute atomic E-state index is 0.0965. The van der Waals surface area contributed by atoms with Crippen LogP contribution in [0.1, 0.15) is 54.6 Å². The summed E-state index contributed by atoms with van der Waals surface area (Å²) in [6.45, 7) is 7.48. The van der Waals surface area contributed by atoms with Crippen LogP contribution < -0.4 is 10.1 Å². The molecule has 2 aliphatic heterocycles. The van der Waals surface area contributed by atoms with Crippen molar-refractivity contribution in [1.29, 1.82) is 0 Å². The average Bonchev–Trinajstić information content (AvgIpc) is 2.75. The number of hydrogen-bond acceptors (Lipinski definition) is 3. The summed E-state index contributed by atoms with van der Waals surface area (Å²) < 4.78 is 6.50. The van der Waals surface area contributed by atoms with E-state index >= 15 is 0 Å². The number of para-hydroxylation sites is 1. The lowest BCUT2D eigenvalue weighted by molar-refractivity contribution is 0.0359. The summed E-state index contributed by atoms with van der Waals surface area (Å²) in [5, 5.41) is 3.44. The van der Waals surface area contributed by atoms with Gasteiger partial charge in [0.25, 0.3) is 5.91 Å². The molecule has 0 aliphatic carbocycles. The van der Waals surface area contributed by atoms with Gasteiger partial charge in [0, 0.05) is 30.6 Å². The van der Waals surface area contributed by atoms with Crippen LogP contribution in [-0.4, -0.2) is 42.6 Å². The molecular weight excluding hydrogens is 360 g/mol. The number of nitrogens with zero attached hydrogens (tertiary/aromatic N) is 1. The van der Waals surface area contributed by atoms with Crippen molar-refractivity contribution in [2.24, 2.45) is 0 Å². The molecule has 29 heavy (non-hydrogen) atoms. The number of benzene rings is 2. The van der Waals surface area contributed by atoms with E-state index in [4.69, 9.17) is 4.74 Å². The van der Waals surface area contributed by atoms with Gasteiger partial charge in [-0.05, 0) is 69.1 Å². The largest absolute Gasteiger partial charge is 0.486 e. The molecule has 152 valence electrons. The number of amides is 1. The Bertz CT molecular complexity index is 891. The van der Waals surface area contributed by atoms with Crippen LogP contribution in [0.5, 0.6) is 5.75 Å². The first-order chi connectivity index (χ1) is 14.1. The van der Waals surface area contributed by atoms with Gasteiger partial charge in [0.15, 0.2) is 0 Å². The van der Waals surface area contributed by atoms with Gasteiger partial charge in [-0.25, -0.2) is 0 Å². The fraction of sp³-hybridized carbons (Fsp3) is 0.400. The molecule has 1 N–H and O–H groups in total. The van der Waals surface area contributed by atoms with Crippen molar-refractivity contribution in [3.05, 3.63) is 65.2 Å². The third-order valence-electron chi connectivity index (χ3n) is 6.14. The molecule has 2 aromatic rings.